The number of allylic oxidation sites excluding steroid dienone is 6. The van der Waals surface area contributed by atoms with Crippen molar-refractivity contribution in [2.75, 3.05) is 0 Å². The van der Waals surface area contributed by atoms with Gasteiger partial charge in [0.1, 0.15) is 0 Å². The normalized spacial score (nSPS) is 15.8. The van der Waals surface area contributed by atoms with Gasteiger partial charge in [0.05, 0.1) is 0 Å². The first-order valence-electron chi connectivity index (χ1n) is 5.21. The largest absolute Gasteiger partial charge is 0.0877 e. The topological polar surface area (TPSA) is 0 Å². The number of rotatable bonds is 5. The smallest absolute Gasteiger partial charge is 0.0191 e. The van der Waals surface area contributed by atoms with Crippen LogP contribution in [-0.4, -0.2) is 0 Å². The molecule has 0 aliphatic rings. The third-order valence-electron chi connectivity index (χ3n) is 2.13. The Balaban J connectivity index is 4.39. The van der Waals surface area contributed by atoms with Crippen LogP contribution in [0.15, 0.2) is 36.0 Å². The fourth-order valence-electron chi connectivity index (χ4n) is 1.38. The van der Waals surface area contributed by atoms with Crippen molar-refractivity contribution in [1.82, 2.24) is 0 Å². The van der Waals surface area contributed by atoms with Gasteiger partial charge in [-0.05, 0) is 31.8 Å². The fraction of sp³-hybridized carbons (Fsp3) is 0.538. The maximum Gasteiger partial charge on any atom is -0.0191 e. The minimum absolute atomic E-state index is 0.678. The summed E-state index contributed by atoms with van der Waals surface area (Å²) < 4.78 is 0. The first-order chi connectivity index (χ1) is 6.26. The molecule has 0 aliphatic heterocycles. The van der Waals surface area contributed by atoms with Crippen molar-refractivity contribution < 1.29 is 0 Å². The van der Waals surface area contributed by atoms with E-state index in [2.05, 4.69) is 51.2 Å². The number of hydrogen-bond acceptors (Lipinski definition) is 0. The Hall–Kier alpha value is -0.780. The quantitative estimate of drug-likeness (QED) is 0.544. The highest BCUT2D eigenvalue weighted by atomic mass is 14.1. The molecular weight excluding hydrogens is 156 g/mol. The van der Waals surface area contributed by atoms with Gasteiger partial charge < -0.3 is 0 Å². The molecule has 0 aromatic heterocycles. The Bertz CT molecular complexity index is 194. The summed E-state index contributed by atoms with van der Waals surface area (Å²) in [5.74, 6) is 0.678. The Morgan fingerprint density at radius 2 is 1.92 bits per heavy atom. The van der Waals surface area contributed by atoms with E-state index < -0.39 is 0 Å². The Kier molecular flexibility index (Phi) is 7.38. The minimum Gasteiger partial charge on any atom is -0.0877 e. The maximum atomic E-state index is 2.29. The van der Waals surface area contributed by atoms with Crippen LogP contribution in [0.2, 0.25) is 0 Å². The zero-order valence-electron chi connectivity index (χ0n) is 9.38. The summed E-state index contributed by atoms with van der Waals surface area (Å²) in [5, 5.41) is 0. The van der Waals surface area contributed by atoms with E-state index in [0.717, 1.165) is 0 Å². The molecule has 0 saturated carbocycles. The molecule has 0 N–H and O–H groups in total. The third-order valence-corrected chi connectivity index (χ3v) is 2.13. The average molecular weight is 178 g/mol. The predicted molar refractivity (Wildman–Crippen MR) is 61.8 cm³/mol. The molecule has 1 unspecified atom stereocenters. The van der Waals surface area contributed by atoms with E-state index in [1.54, 1.807) is 0 Å². The van der Waals surface area contributed by atoms with E-state index in [1.807, 2.05) is 6.92 Å². The van der Waals surface area contributed by atoms with Crippen LogP contribution < -0.4 is 0 Å². The molecule has 0 nitrogen and oxygen atoms in total. The van der Waals surface area contributed by atoms with Crippen LogP contribution in [0.1, 0.15) is 40.5 Å². The molecular formula is C13H22. The van der Waals surface area contributed by atoms with E-state index in [4.69, 9.17) is 0 Å². The van der Waals surface area contributed by atoms with Crippen LogP contribution in [0.25, 0.3) is 0 Å². The standard InChI is InChI=1S/C13H22/c1-5-8-11-13(10-7-3)12(4)9-6-2/h5,7-8,10-12H,6,9H2,1-4H3/b8-5-,10-7-,13-11+. The maximum absolute atomic E-state index is 2.29. The van der Waals surface area contributed by atoms with Crippen LogP contribution in [0.4, 0.5) is 0 Å². The lowest BCUT2D eigenvalue weighted by Gasteiger charge is -2.10. The lowest BCUT2D eigenvalue weighted by molar-refractivity contribution is 0.613. The first kappa shape index (κ1) is 12.2. The van der Waals surface area contributed by atoms with Crippen LogP contribution in [0.3, 0.4) is 0 Å². The van der Waals surface area contributed by atoms with Crippen LogP contribution in [-0.2, 0) is 0 Å². The van der Waals surface area contributed by atoms with Crippen molar-refractivity contribution in [1.29, 1.82) is 0 Å². The summed E-state index contributed by atoms with van der Waals surface area (Å²) in [6.45, 7) is 8.65. The molecule has 0 heteroatoms. The zero-order valence-corrected chi connectivity index (χ0v) is 9.38. The lowest BCUT2D eigenvalue weighted by Crippen LogP contribution is -1.96. The second kappa shape index (κ2) is 7.85. The van der Waals surface area contributed by atoms with Crippen LogP contribution >= 0.6 is 0 Å². The van der Waals surface area contributed by atoms with Crippen molar-refractivity contribution in [2.24, 2.45) is 5.92 Å². The van der Waals surface area contributed by atoms with Crippen molar-refractivity contribution in [3.63, 3.8) is 0 Å². The average Bonchev–Trinajstić information content (AvgIpc) is 2.12. The second-order valence-corrected chi connectivity index (χ2v) is 3.38. The summed E-state index contributed by atoms with van der Waals surface area (Å²) in [6, 6.07) is 0. The molecule has 0 bridgehead atoms. The van der Waals surface area contributed by atoms with Gasteiger partial charge in [-0.15, -0.1) is 0 Å². The molecule has 0 aliphatic carbocycles. The van der Waals surface area contributed by atoms with Gasteiger partial charge in [-0.25, -0.2) is 0 Å². The molecule has 1 atom stereocenters. The summed E-state index contributed by atoms with van der Waals surface area (Å²) in [4.78, 5) is 0. The predicted octanol–water partition coefficient (Wildman–Crippen LogP) is 4.50. The summed E-state index contributed by atoms with van der Waals surface area (Å²) in [6.07, 6.45) is 13.2. The van der Waals surface area contributed by atoms with E-state index >= 15 is 0 Å². The molecule has 0 rings (SSSR count). The van der Waals surface area contributed by atoms with Crippen LogP contribution in [0, 0.1) is 5.92 Å². The molecule has 13 heavy (non-hydrogen) atoms. The SMILES string of the molecule is C\C=C/C=C(\C=C/C)C(C)CCC. The highest BCUT2D eigenvalue weighted by Crippen LogP contribution is 2.17. The van der Waals surface area contributed by atoms with E-state index in [-0.39, 0.29) is 0 Å². The van der Waals surface area contributed by atoms with Gasteiger partial charge in [0.25, 0.3) is 0 Å². The van der Waals surface area contributed by atoms with Gasteiger partial charge in [0.2, 0.25) is 0 Å². The van der Waals surface area contributed by atoms with Gasteiger partial charge in [0, 0.05) is 0 Å². The molecule has 0 saturated heterocycles. The molecule has 0 amide bonds. The fourth-order valence-corrected chi connectivity index (χ4v) is 1.38. The van der Waals surface area contributed by atoms with E-state index in [1.165, 1.54) is 18.4 Å². The van der Waals surface area contributed by atoms with Crippen molar-refractivity contribution in [3.05, 3.63) is 36.0 Å². The van der Waals surface area contributed by atoms with Crippen LogP contribution in [0.5, 0.6) is 0 Å². The van der Waals surface area contributed by atoms with Crippen molar-refractivity contribution >= 4 is 0 Å². The molecule has 0 heterocycles. The van der Waals surface area contributed by atoms with Gasteiger partial charge in [-0.2, -0.15) is 0 Å². The van der Waals surface area contributed by atoms with Gasteiger partial charge in [-0.3, -0.25) is 0 Å². The minimum atomic E-state index is 0.678. The van der Waals surface area contributed by atoms with Crippen molar-refractivity contribution in [2.45, 2.75) is 40.5 Å². The molecule has 0 aromatic carbocycles. The van der Waals surface area contributed by atoms with Gasteiger partial charge in [-0.1, -0.05) is 50.6 Å². The molecule has 74 valence electrons. The Labute approximate surface area is 83.0 Å². The summed E-state index contributed by atoms with van der Waals surface area (Å²) in [5.41, 5.74) is 1.43. The van der Waals surface area contributed by atoms with Crippen molar-refractivity contribution in [3.8, 4) is 0 Å². The summed E-state index contributed by atoms with van der Waals surface area (Å²) in [7, 11) is 0. The Morgan fingerprint density at radius 3 is 2.38 bits per heavy atom. The first-order valence-corrected chi connectivity index (χ1v) is 5.21. The third kappa shape index (κ3) is 5.46. The zero-order chi connectivity index (χ0) is 10.1. The molecule has 0 radical (unpaired) electrons. The monoisotopic (exact) mass is 178 g/mol. The summed E-state index contributed by atoms with van der Waals surface area (Å²) >= 11 is 0. The Morgan fingerprint density at radius 1 is 1.23 bits per heavy atom. The van der Waals surface area contributed by atoms with Gasteiger partial charge in [0.15, 0.2) is 0 Å². The highest BCUT2D eigenvalue weighted by Gasteiger charge is 2.02. The lowest BCUT2D eigenvalue weighted by atomic mass is 9.95. The molecule has 0 aromatic rings. The van der Waals surface area contributed by atoms with E-state index in [9.17, 15) is 0 Å². The van der Waals surface area contributed by atoms with E-state index in [0.29, 0.717) is 5.92 Å². The van der Waals surface area contributed by atoms with Gasteiger partial charge >= 0.3 is 0 Å². The number of hydrogen-bond donors (Lipinski definition) is 0. The second-order valence-electron chi connectivity index (χ2n) is 3.38. The molecule has 0 fully saturated rings. The highest BCUT2D eigenvalue weighted by molar-refractivity contribution is 5.25. The molecule has 0 spiro atoms.